The fourth-order valence-electron chi connectivity index (χ4n) is 5.90. The van der Waals surface area contributed by atoms with E-state index in [0.29, 0.717) is 37.7 Å². The van der Waals surface area contributed by atoms with Crippen LogP contribution in [0.25, 0.3) is 11.8 Å². The van der Waals surface area contributed by atoms with Gasteiger partial charge in [0.1, 0.15) is 0 Å². The van der Waals surface area contributed by atoms with Crippen molar-refractivity contribution in [3.05, 3.63) is 108 Å². The maximum Gasteiger partial charge on any atom is 0.338 e. The van der Waals surface area contributed by atoms with Gasteiger partial charge in [0.2, 0.25) is 0 Å². The number of carbonyl (C=O) groups excluding carboxylic acids is 1. The minimum atomic E-state index is -0.756. The van der Waals surface area contributed by atoms with Gasteiger partial charge in [-0.15, -0.1) is 0 Å². The topological polar surface area (TPSA) is 84.1 Å². The summed E-state index contributed by atoms with van der Waals surface area (Å²) in [6, 6.07) is 15.5. The van der Waals surface area contributed by atoms with E-state index < -0.39 is 12.0 Å². The highest BCUT2D eigenvalue weighted by Crippen LogP contribution is 2.36. The number of methoxy groups -OCH3 is 1. The van der Waals surface area contributed by atoms with Crippen molar-refractivity contribution in [2.75, 3.05) is 13.7 Å². The van der Waals surface area contributed by atoms with Crippen LogP contribution in [-0.2, 0) is 14.9 Å². The number of aromatic nitrogens is 2. The van der Waals surface area contributed by atoms with Crippen molar-refractivity contribution >= 4 is 23.4 Å². The lowest BCUT2D eigenvalue weighted by molar-refractivity contribution is -0.139. The van der Waals surface area contributed by atoms with Crippen molar-refractivity contribution in [3.63, 3.8) is 0 Å². The Morgan fingerprint density at radius 1 is 1.04 bits per heavy atom. The second-order valence-electron chi connectivity index (χ2n) is 12.8. The number of thiazole rings is 1. The predicted octanol–water partition coefficient (Wildman–Crippen LogP) is 6.30. The van der Waals surface area contributed by atoms with E-state index in [-0.39, 0.29) is 23.7 Å². The first-order valence-corrected chi connectivity index (χ1v) is 16.4. The summed E-state index contributed by atoms with van der Waals surface area (Å²) in [5.74, 6) is 0.579. The zero-order valence-corrected chi connectivity index (χ0v) is 29.2. The second kappa shape index (κ2) is 12.8. The summed E-state index contributed by atoms with van der Waals surface area (Å²) in [5, 5.41) is 0. The molecule has 0 bridgehead atoms. The van der Waals surface area contributed by atoms with Gasteiger partial charge in [-0.2, -0.15) is 0 Å². The maximum atomic E-state index is 14.3. The summed E-state index contributed by atoms with van der Waals surface area (Å²) in [7, 11) is 1.57. The fourth-order valence-corrected chi connectivity index (χ4v) is 6.93. The van der Waals surface area contributed by atoms with Crippen LogP contribution in [0, 0.1) is 13.8 Å². The van der Waals surface area contributed by atoms with Gasteiger partial charge in [0, 0.05) is 17.1 Å². The van der Waals surface area contributed by atoms with Crippen molar-refractivity contribution in [3.8, 4) is 17.2 Å². The van der Waals surface area contributed by atoms with E-state index in [9.17, 15) is 9.59 Å². The fraction of sp³-hybridized carbons (Fsp3) is 0.378. The number of benzene rings is 2. The number of rotatable bonds is 8. The Labute approximate surface area is 274 Å². The monoisotopic (exact) mass is 641 g/mol. The number of ether oxygens (including phenoxy) is 3. The van der Waals surface area contributed by atoms with Gasteiger partial charge in [-0.05, 0) is 100 Å². The van der Waals surface area contributed by atoms with Gasteiger partial charge in [-0.3, -0.25) is 9.36 Å². The maximum absolute atomic E-state index is 14.3. The highest BCUT2D eigenvalue weighted by atomic mass is 32.1. The van der Waals surface area contributed by atoms with Crippen molar-refractivity contribution in [1.82, 2.24) is 9.13 Å². The molecule has 0 saturated carbocycles. The standard InChI is InChI=1S/C37H43N3O5S/c1-11-44-35(42)32-23(5)38-36-40(33(32)25-12-17-29(45-21(2)3)30(19-25)43-10)34(41)31(46-36)20-26-18-22(4)39(24(26)6)28-15-13-27(14-16-28)37(7,8)9/h12-21,33H,11H2,1-10H3/b31-20-/t33-/m0/s1. The Morgan fingerprint density at radius 2 is 1.74 bits per heavy atom. The lowest BCUT2D eigenvalue weighted by atomic mass is 9.87. The third kappa shape index (κ3) is 6.20. The lowest BCUT2D eigenvalue weighted by Crippen LogP contribution is -2.40. The molecule has 2 aromatic heterocycles. The van der Waals surface area contributed by atoms with Crippen LogP contribution < -0.4 is 24.4 Å². The third-order valence-electron chi connectivity index (χ3n) is 8.13. The molecule has 2 aromatic carbocycles. The summed E-state index contributed by atoms with van der Waals surface area (Å²) in [5.41, 5.74) is 6.72. The number of hydrogen-bond donors (Lipinski definition) is 0. The molecule has 1 atom stereocenters. The smallest absolute Gasteiger partial charge is 0.338 e. The Kier molecular flexibility index (Phi) is 9.18. The molecule has 3 heterocycles. The SMILES string of the molecule is CCOC(=O)C1=C(C)N=c2s/c(=C\c3cc(C)n(-c4ccc(C(C)(C)C)cc4)c3C)c(=O)n2[C@H]1c1ccc(OC(C)C)c(OC)c1. The number of hydrogen-bond acceptors (Lipinski definition) is 7. The minimum Gasteiger partial charge on any atom is -0.493 e. The first-order valence-electron chi connectivity index (χ1n) is 15.6. The minimum absolute atomic E-state index is 0.0561. The molecule has 0 aliphatic carbocycles. The van der Waals surface area contributed by atoms with Gasteiger partial charge in [0.05, 0.1) is 41.7 Å². The van der Waals surface area contributed by atoms with Crippen molar-refractivity contribution in [1.29, 1.82) is 0 Å². The molecule has 0 fully saturated rings. The number of nitrogens with zero attached hydrogens (tertiary/aromatic N) is 3. The Morgan fingerprint density at radius 3 is 2.35 bits per heavy atom. The Balaban J connectivity index is 1.65. The first-order chi connectivity index (χ1) is 21.7. The molecule has 0 amide bonds. The number of carbonyl (C=O) groups is 1. The van der Waals surface area contributed by atoms with Crippen LogP contribution in [-0.4, -0.2) is 34.9 Å². The zero-order valence-electron chi connectivity index (χ0n) is 28.3. The van der Waals surface area contributed by atoms with Crippen LogP contribution in [0.3, 0.4) is 0 Å². The van der Waals surface area contributed by atoms with Crippen LogP contribution in [0.1, 0.15) is 82.6 Å². The average Bonchev–Trinajstić information content (AvgIpc) is 3.45. The van der Waals surface area contributed by atoms with Crippen molar-refractivity contribution < 1.29 is 19.0 Å². The molecule has 46 heavy (non-hydrogen) atoms. The molecule has 8 nitrogen and oxygen atoms in total. The van der Waals surface area contributed by atoms with Gasteiger partial charge in [-0.1, -0.05) is 50.3 Å². The molecule has 0 spiro atoms. The molecule has 9 heteroatoms. The van der Waals surface area contributed by atoms with Gasteiger partial charge >= 0.3 is 5.97 Å². The van der Waals surface area contributed by atoms with Gasteiger partial charge < -0.3 is 18.8 Å². The van der Waals surface area contributed by atoms with E-state index in [4.69, 9.17) is 19.2 Å². The lowest BCUT2D eigenvalue weighted by Gasteiger charge is -2.25. The van der Waals surface area contributed by atoms with Crippen molar-refractivity contribution in [2.45, 2.75) is 79.9 Å². The third-order valence-corrected chi connectivity index (χ3v) is 9.11. The molecule has 242 valence electrons. The summed E-state index contributed by atoms with van der Waals surface area (Å²) in [6.07, 6.45) is 1.87. The van der Waals surface area contributed by atoms with Crippen LogP contribution >= 0.6 is 11.3 Å². The van der Waals surface area contributed by atoms with E-state index in [2.05, 4.69) is 69.5 Å². The summed E-state index contributed by atoms with van der Waals surface area (Å²) in [4.78, 5) is 32.8. The highest BCUT2D eigenvalue weighted by Gasteiger charge is 2.34. The molecule has 5 rings (SSSR count). The van der Waals surface area contributed by atoms with Gasteiger partial charge in [0.15, 0.2) is 16.3 Å². The number of aryl methyl sites for hydroxylation is 1. The Bertz CT molecular complexity index is 2000. The summed E-state index contributed by atoms with van der Waals surface area (Å²) < 4.78 is 21.4. The molecule has 0 unspecified atom stereocenters. The Hall–Kier alpha value is -4.37. The summed E-state index contributed by atoms with van der Waals surface area (Å²) in [6.45, 7) is 18.4. The number of fused-ring (bicyclic) bond motifs is 1. The quantitative estimate of drug-likeness (QED) is 0.211. The number of allylic oxidation sites excluding steroid dienone is 1. The summed E-state index contributed by atoms with van der Waals surface area (Å²) >= 11 is 1.31. The molecule has 0 radical (unpaired) electrons. The van der Waals surface area contributed by atoms with E-state index in [1.807, 2.05) is 38.1 Å². The highest BCUT2D eigenvalue weighted by molar-refractivity contribution is 7.07. The normalized spacial score (nSPS) is 15.2. The molecule has 4 aromatic rings. The molecule has 0 saturated heterocycles. The zero-order chi connectivity index (χ0) is 33.5. The molecular formula is C37H43N3O5S. The van der Waals surface area contributed by atoms with Crippen LogP contribution in [0.5, 0.6) is 11.5 Å². The van der Waals surface area contributed by atoms with E-state index >= 15 is 0 Å². The molecule has 0 N–H and O–H groups in total. The van der Waals surface area contributed by atoms with Gasteiger partial charge in [0.25, 0.3) is 5.56 Å². The predicted molar refractivity (Wildman–Crippen MR) is 183 cm³/mol. The van der Waals surface area contributed by atoms with Crippen LogP contribution in [0.4, 0.5) is 0 Å². The molecular weight excluding hydrogens is 598 g/mol. The molecule has 1 aliphatic rings. The number of esters is 1. The molecule has 1 aliphatic heterocycles. The van der Waals surface area contributed by atoms with E-state index in [1.54, 1.807) is 25.5 Å². The largest absolute Gasteiger partial charge is 0.493 e. The van der Waals surface area contributed by atoms with Crippen molar-refractivity contribution in [2.24, 2.45) is 4.99 Å². The van der Waals surface area contributed by atoms with E-state index in [0.717, 1.165) is 22.6 Å². The van der Waals surface area contributed by atoms with Crippen LogP contribution in [0.2, 0.25) is 0 Å². The average molecular weight is 642 g/mol. The van der Waals surface area contributed by atoms with Gasteiger partial charge in [-0.25, -0.2) is 9.79 Å². The first kappa shape index (κ1) is 33.0. The second-order valence-corrected chi connectivity index (χ2v) is 13.8. The van der Waals surface area contributed by atoms with Crippen LogP contribution in [0.15, 0.2) is 69.6 Å². The van der Waals surface area contributed by atoms with E-state index in [1.165, 1.54) is 16.9 Å².